The molecule has 0 saturated heterocycles. The maximum Gasteiger partial charge on any atom is 0.340 e. The third-order valence-corrected chi connectivity index (χ3v) is 6.95. The van der Waals surface area contributed by atoms with Crippen LogP contribution in [0.1, 0.15) is 30.9 Å². The van der Waals surface area contributed by atoms with Gasteiger partial charge in [-0.15, -0.1) is 0 Å². The highest BCUT2D eigenvalue weighted by molar-refractivity contribution is 7.90. The quantitative estimate of drug-likeness (QED) is 0.639. The second-order valence-electron chi connectivity index (χ2n) is 6.20. The maximum absolute atomic E-state index is 12.7. The van der Waals surface area contributed by atoms with E-state index in [2.05, 4.69) is 0 Å². The van der Waals surface area contributed by atoms with Gasteiger partial charge in [0, 0.05) is 11.3 Å². The molecule has 9 heteroatoms. The third-order valence-electron chi connectivity index (χ3n) is 3.71. The molecule has 0 amide bonds. The molecule has 142 valence electrons. The molecule has 0 radical (unpaired) electrons. The predicted octanol–water partition coefficient (Wildman–Crippen LogP) is 4.60. The summed E-state index contributed by atoms with van der Waals surface area (Å²) in [5.41, 5.74) is 1.26. The molecule has 0 fully saturated rings. The summed E-state index contributed by atoms with van der Waals surface area (Å²) in [6.07, 6.45) is 0.979. The predicted molar refractivity (Wildman–Crippen MR) is 103 cm³/mol. The van der Waals surface area contributed by atoms with Gasteiger partial charge in [-0.2, -0.15) is 8.42 Å². The molecular weight excluding hydrogens is 419 g/mol. The molecule has 2 aromatic rings. The third kappa shape index (κ3) is 4.52. The van der Waals surface area contributed by atoms with Gasteiger partial charge < -0.3 is 4.18 Å². The van der Waals surface area contributed by atoms with Crippen LogP contribution in [-0.2, 0) is 20.0 Å². The number of sulfone groups is 1. The molecule has 0 N–H and O–H groups in total. The average molecular weight is 437 g/mol. The lowest BCUT2D eigenvalue weighted by molar-refractivity contribution is 0.481. The van der Waals surface area contributed by atoms with E-state index in [9.17, 15) is 16.8 Å². The van der Waals surface area contributed by atoms with Crippen molar-refractivity contribution in [3.63, 3.8) is 0 Å². The summed E-state index contributed by atoms with van der Waals surface area (Å²) in [5.74, 6) is 0.0823. The van der Waals surface area contributed by atoms with Gasteiger partial charge in [0.2, 0.25) is 0 Å². The van der Waals surface area contributed by atoms with Gasteiger partial charge in [0.1, 0.15) is 10.6 Å². The van der Waals surface area contributed by atoms with Crippen molar-refractivity contribution in [3.8, 4) is 5.75 Å². The van der Waals surface area contributed by atoms with Crippen molar-refractivity contribution in [1.82, 2.24) is 0 Å². The van der Waals surface area contributed by atoms with Crippen LogP contribution in [0.25, 0.3) is 0 Å². The Labute approximate surface area is 163 Å². The molecule has 0 aliphatic heterocycles. The van der Waals surface area contributed by atoms with Gasteiger partial charge in [-0.05, 0) is 54.3 Å². The topological polar surface area (TPSA) is 77.5 Å². The van der Waals surface area contributed by atoms with Crippen molar-refractivity contribution < 1.29 is 21.0 Å². The molecule has 0 saturated carbocycles. The summed E-state index contributed by atoms with van der Waals surface area (Å²) in [5, 5.41) is 0.365. The fourth-order valence-electron chi connectivity index (χ4n) is 2.26. The van der Waals surface area contributed by atoms with Gasteiger partial charge in [0.25, 0.3) is 0 Å². The van der Waals surface area contributed by atoms with Crippen molar-refractivity contribution in [2.24, 2.45) is 0 Å². The first-order valence-corrected chi connectivity index (χ1v) is 11.6. The summed E-state index contributed by atoms with van der Waals surface area (Å²) < 4.78 is 54.2. The summed E-state index contributed by atoms with van der Waals surface area (Å²) in [6.45, 7) is 5.47. The Kier molecular flexibility index (Phi) is 5.97. The van der Waals surface area contributed by atoms with Crippen LogP contribution in [-0.4, -0.2) is 23.1 Å². The highest BCUT2D eigenvalue weighted by Gasteiger charge is 2.25. The first-order chi connectivity index (χ1) is 11.8. The molecule has 0 unspecified atom stereocenters. The monoisotopic (exact) mass is 436 g/mol. The number of halogens is 2. The lowest BCUT2D eigenvalue weighted by atomic mass is 10.0. The van der Waals surface area contributed by atoms with E-state index in [1.54, 1.807) is 13.0 Å². The summed E-state index contributed by atoms with van der Waals surface area (Å²) in [6, 6.07) is 6.63. The molecule has 5 nitrogen and oxygen atoms in total. The van der Waals surface area contributed by atoms with E-state index in [1.807, 2.05) is 13.8 Å². The Bertz CT molecular complexity index is 1060. The minimum atomic E-state index is -4.35. The minimum Gasteiger partial charge on any atom is -0.379 e. The second-order valence-corrected chi connectivity index (χ2v) is 10.5. The van der Waals surface area contributed by atoms with Crippen molar-refractivity contribution in [2.75, 3.05) is 6.26 Å². The minimum absolute atomic E-state index is 0.0453. The molecular formula is C17H18Cl2O5S2. The van der Waals surface area contributed by atoms with Crippen molar-refractivity contribution in [3.05, 3.63) is 51.5 Å². The Balaban J connectivity index is 2.59. The molecule has 0 bridgehead atoms. The molecule has 0 atom stereocenters. The number of benzene rings is 2. The second kappa shape index (κ2) is 7.38. The van der Waals surface area contributed by atoms with Gasteiger partial charge in [-0.25, -0.2) is 8.42 Å². The first kappa shape index (κ1) is 21.0. The van der Waals surface area contributed by atoms with Gasteiger partial charge in [-0.1, -0.05) is 37.0 Å². The lowest BCUT2D eigenvalue weighted by Crippen LogP contribution is -2.13. The van der Waals surface area contributed by atoms with Gasteiger partial charge in [-0.3, -0.25) is 0 Å². The van der Waals surface area contributed by atoms with E-state index < -0.39 is 24.9 Å². The zero-order chi connectivity index (χ0) is 19.9. The van der Waals surface area contributed by atoms with Gasteiger partial charge in [0.05, 0.1) is 9.92 Å². The molecule has 0 aromatic heterocycles. The van der Waals surface area contributed by atoms with Crippen LogP contribution in [0.15, 0.2) is 40.1 Å². The van der Waals surface area contributed by atoms with E-state index in [-0.39, 0.29) is 21.6 Å². The van der Waals surface area contributed by atoms with E-state index >= 15 is 0 Å². The number of hydrogen-bond donors (Lipinski definition) is 0. The number of rotatable bonds is 5. The smallest absolute Gasteiger partial charge is 0.340 e. The van der Waals surface area contributed by atoms with Gasteiger partial charge in [0.15, 0.2) is 9.84 Å². The van der Waals surface area contributed by atoms with Crippen molar-refractivity contribution in [1.29, 1.82) is 0 Å². The Morgan fingerprint density at radius 2 is 1.58 bits per heavy atom. The van der Waals surface area contributed by atoms with Crippen LogP contribution in [0.3, 0.4) is 0 Å². The highest BCUT2D eigenvalue weighted by Crippen LogP contribution is 2.35. The molecule has 26 heavy (non-hydrogen) atoms. The SMILES string of the molecule is Cc1cc(OS(=O)(=O)c2cc(S(C)(=O)=O)ccc2Cl)c(C(C)C)cc1Cl. The van der Waals surface area contributed by atoms with E-state index in [0.717, 1.165) is 12.3 Å². The maximum atomic E-state index is 12.7. The van der Waals surface area contributed by atoms with Crippen LogP contribution in [0.5, 0.6) is 5.75 Å². The van der Waals surface area contributed by atoms with Crippen molar-refractivity contribution in [2.45, 2.75) is 36.5 Å². The Hall–Kier alpha value is -1.28. The standard InChI is InChI=1S/C17H18Cl2O5S2/c1-10(2)13-9-15(19)11(3)7-16(13)24-26(22,23)17-8-12(25(4,20)21)5-6-14(17)18/h5-10H,1-4H3. The summed E-state index contributed by atoms with van der Waals surface area (Å²) >= 11 is 12.1. The Morgan fingerprint density at radius 3 is 2.12 bits per heavy atom. The average Bonchev–Trinajstić information content (AvgIpc) is 2.49. The molecule has 2 aromatic carbocycles. The fourth-order valence-corrected chi connectivity index (χ4v) is 4.61. The van der Waals surface area contributed by atoms with E-state index in [1.165, 1.54) is 18.2 Å². The van der Waals surface area contributed by atoms with Crippen LogP contribution >= 0.6 is 23.2 Å². The van der Waals surface area contributed by atoms with Crippen LogP contribution < -0.4 is 4.18 Å². The first-order valence-electron chi connectivity index (χ1n) is 7.57. The molecule has 0 spiro atoms. The zero-order valence-electron chi connectivity index (χ0n) is 14.6. The number of aryl methyl sites for hydroxylation is 1. The summed E-state index contributed by atoms with van der Waals surface area (Å²) in [7, 11) is -7.96. The fraction of sp³-hybridized carbons (Fsp3) is 0.294. The van der Waals surface area contributed by atoms with Crippen LogP contribution in [0, 0.1) is 6.92 Å². The molecule has 2 rings (SSSR count). The molecule has 0 aliphatic rings. The largest absolute Gasteiger partial charge is 0.379 e. The molecule has 0 aliphatic carbocycles. The normalized spacial score (nSPS) is 12.4. The van der Waals surface area contributed by atoms with Gasteiger partial charge >= 0.3 is 10.1 Å². The highest BCUT2D eigenvalue weighted by atomic mass is 35.5. The van der Waals surface area contributed by atoms with Crippen LogP contribution in [0.4, 0.5) is 0 Å². The van der Waals surface area contributed by atoms with E-state index in [0.29, 0.717) is 16.1 Å². The lowest BCUT2D eigenvalue weighted by Gasteiger charge is -2.16. The zero-order valence-corrected chi connectivity index (χ0v) is 17.7. The van der Waals surface area contributed by atoms with E-state index in [4.69, 9.17) is 27.4 Å². The van der Waals surface area contributed by atoms with Crippen LogP contribution in [0.2, 0.25) is 10.0 Å². The number of hydrogen-bond acceptors (Lipinski definition) is 5. The Morgan fingerprint density at radius 1 is 0.962 bits per heavy atom. The molecule has 0 heterocycles. The van der Waals surface area contributed by atoms with Crippen molar-refractivity contribution >= 4 is 43.2 Å². The summed E-state index contributed by atoms with van der Waals surface area (Å²) in [4.78, 5) is -0.579.